The molecular formula is C13H10FNO3S. The summed E-state index contributed by atoms with van der Waals surface area (Å²) in [4.78, 5) is 11.1. The van der Waals surface area contributed by atoms with Crippen molar-refractivity contribution in [3.05, 3.63) is 58.4 Å². The third kappa shape index (κ3) is 3.23. The lowest BCUT2D eigenvalue weighted by molar-refractivity contribution is -0.385. The van der Waals surface area contributed by atoms with E-state index in [2.05, 4.69) is 0 Å². The van der Waals surface area contributed by atoms with Crippen molar-refractivity contribution >= 4 is 17.4 Å². The average Bonchev–Trinajstić information content (AvgIpc) is 2.41. The molecule has 0 heterocycles. The van der Waals surface area contributed by atoms with Crippen LogP contribution in [0.15, 0.2) is 52.3 Å². The molecule has 0 fully saturated rings. The zero-order chi connectivity index (χ0) is 13.8. The van der Waals surface area contributed by atoms with Crippen molar-refractivity contribution in [3.8, 4) is 5.75 Å². The Morgan fingerprint density at radius 3 is 2.42 bits per heavy atom. The van der Waals surface area contributed by atoms with Crippen LogP contribution in [0.4, 0.5) is 10.1 Å². The molecular weight excluding hydrogens is 269 g/mol. The largest absolute Gasteiger partial charge is 0.497 e. The summed E-state index contributed by atoms with van der Waals surface area (Å²) in [6.45, 7) is 0. The zero-order valence-corrected chi connectivity index (χ0v) is 10.8. The van der Waals surface area contributed by atoms with Crippen LogP contribution in [-0.2, 0) is 0 Å². The summed E-state index contributed by atoms with van der Waals surface area (Å²) in [6, 6.07) is 10.7. The maximum Gasteiger partial charge on any atom is 0.272 e. The predicted molar refractivity (Wildman–Crippen MR) is 70.2 cm³/mol. The maximum absolute atomic E-state index is 13.7. The number of halogens is 1. The minimum Gasteiger partial charge on any atom is -0.497 e. The summed E-state index contributed by atoms with van der Waals surface area (Å²) in [5, 5.41) is 10.5. The van der Waals surface area contributed by atoms with E-state index >= 15 is 0 Å². The van der Waals surface area contributed by atoms with Crippen LogP contribution in [0.3, 0.4) is 0 Å². The first kappa shape index (κ1) is 13.4. The second kappa shape index (κ2) is 5.71. The molecule has 6 heteroatoms. The number of methoxy groups -OCH3 is 1. The second-order valence-electron chi connectivity index (χ2n) is 3.65. The monoisotopic (exact) mass is 279 g/mol. The van der Waals surface area contributed by atoms with E-state index in [4.69, 9.17) is 4.74 Å². The third-order valence-corrected chi connectivity index (χ3v) is 3.47. The first-order valence-electron chi connectivity index (χ1n) is 5.36. The van der Waals surface area contributed by atoms with Crippen molar-refractivity contribution in [2.45, 2.75) is 9.79 Å². The Hall–Kier alpha value is -2.08. The van der Waals surface area contributed by atoms with Gasteiger partial charge >= 0.3 is 0 Å². The number of rotatable bonds is 4. The fourth-order valence-electron chi connectivity index (χ4n) is 1.46. The molecule has 0 aliphatic heterocycles. The number of nitro groups is 1. The molecule has 0 atom stereocenters. The summed E-state index contributed by atoms with van der Waals surface area (Å²) in [7, 11) is 1.57. The second-order valence-corrected chi connectivity index (χ2v) is 4.76. The van der Waals surface area contributed by atoms with E-state index in [-0.39, 0.29) is 5.69 Å². The molecule has 4 nitrogen and oxygen atoms in total. The molecule has 0 bridgehead atoms. The molecule has 0 spiro atoms. The van der Waals surface area contributed by atoms with Crippen LogP contribution in [0.2, 0.25) is 0 Å². The Kier molecular flexibility index (Phi) is 4.01. The van der Waals surface area contributed by atoms with Crippen molar-refractivity contribution in [1.29, 1.82) is 0 Å². The van der Waals surface area contributed by atoms with Gasteiger partial charge in [-0.25, -0.2) is 4.39 Å². The van der Waals surface area contributed by atoms with Gasteiger partial charge < -0.3 is 4.74 Å². The normalized spacial score (nSPS) is 10.2. The molecule has 0 saturated carbocycles. The van der Waals surface area contributed by atoms with E-state index < -0.39 is 10.7 Å². The van der Waals surface area contributed by atoms with Gasteiger partial charge in [0.1, 0.15) is 11.6 Å². The Balaban J connectivity index is 2.20. The number of benzene rings is 2. The van der Waals surface area contributed by atoms with E-state index in [0.717, 1.165) is 11.0 Å². The molecule has 0 aliphatic carbocycles. The molecule has 0 N–H and O–H groups in total. The van der Waals surface area contributed by atoms with Gasteiger partial charge in [-0.2, -0.15) is 0 Å². The minimum atomic E-state index is -0.620. The van der Waals surface area contributed by atoms with Crippen LogP contribution in [0.5, 0.6) is 5.75 Å². The average molecular weight is 279 g/mol. The Bertz CT molecular complexity index is 601. The van der Waals surface area contributed by atoms with Crippen molar-refractivity contribution < 1.29 is 14.1 Å². The van der Waals surface area contributed by atoms with Crippen LogP contribution in [0.25, 0.3) is 0 Å². The molecule has 0 radical (unpaired) electrons. The fraction of sp³-hybridized carbons (Fsp3) is 0.0769. The molecule has 0 amide bonds. The maximum atomic E-state index is 13.7. The van der Waals surface area contributed by atoms with Crippen molar-refractivity contribution in [2.75, 3.05) is 7.11 Å². The quantitative estimate of drug-likeness (QED) is 0.629. The highest BCUT2D eigenvalue weighted by Crippen LogP contribution is 2.32. The molecule has 2 rings (SSSR count). The summed E-state index contributed by atoms with van der Waals surface area (Å²) < 4.78 is 18.7. The highest BCUT2D eigenvalue weighted by atomic mass is 32.2. The molecule has 2 aromatic rings. The molecule has 19 heavy (non-hydrogen) atoms. The number of hydrogen-bond acceptors (Lipinski definition) is 4. The standard InChI is InChI=1S/C13H10FNO3S/c1-18-10-3-5-11(6-4-10)19-13-7-2-9(15(16)17)8-12(13)14/h2-8H,1H3. The number of hydrogen-bond donors (Lipinski definition) is 0. The van der Waals surface area contributed by atoms with Gasteiger partial charge in [-0.1, -0.05) is 11.8 Å². The molecule has 0 aromatic heterocycles. The first-order valence-corrected chi connectivity index (χ1v) is 6.17. The van der Waals surface area contributed by atoms with Crippen LogP contribution >= 0.6 is 11.8 Å². The Labute approximate surface area is 113 Å². The van der Waals surface area contributed by atoms with Gasteiger partial charge in [0.15, 0.2) is 0 Å². The highest BCUT2D eigenvalue weighted by molar-refractivity contribution is 7.99. The summed E-state index contributed by atoms with van der Waals surface area (Å²) in [6.07, 6.45) is 0. The van der Waals surface area contributed by atoms with Crippen molar-refractivity contribution in [1.82, 2.24) is 0 Å². The van der Waals surface area contributed by atoms with E-state index in [9.17, 15) is 14.5 Å². The van der Waals surface area contributed by atoms with E-state index in [1.807, 2.05) is 0 Å². The number of nitro benzene ring substituents is 1. The van der Waals surface area contributed by atoms with Crippen LogP contribution in [0, 0.1) is 15.9 Å². The van der Waals surface area contributed by atoms with Gasteiger partial charge in [0.2, 0.25) is 0 Å². The first-order chi connectivity index (χ1) is 9.10. The molecule has 0 unspecified atom stereocenters. The molecule has 0 aliphatic rings. The topological polar surface area (TPSA) is 52.4 Å². The van der Waals surface area contributed by atoms with E-state index in [0.29, 0.717) is 10.6 Å². The molecule has 0 saturated heterocycles. The van der Waals surface area contributed by atoms with E-state index in [1.165, 1.54) is 23.9 Å². The van der Waals surface area contributed by atoms with Gasteiger partial charge in [-0.15, -0.1) is 0 Å². The molecule has 98 valence electrons. The smallest absolute Gasteiger partial charge is 0.272 e. The summed E-state index contributed by atoms with van der Waals surface area (Å²) >= 11 is 1.20. The SMILES string of the molecule is COc1ccc(Sc2ccc([N+](=O)[O-])cc2F)cc1. The summed E-state index contributed by atoms with van der Waals surface area (Å²) in [5.74, 6) is 0.114. The number of non-ortho nitro benzene ring substituents is 1. The van der Waals surface area contributed by atoms with Gasteiger partial charge in [-0.05, 0) is 30.3 Å². The lowest BCUT2D eigenvalue weighted by atomic mass is 10.3. The Morgan fingerprint density at radius 2 is 1.89 bits per heavy atom. The van der Waals surface area contributed by atoms with Crippen LogP contribution < -0.4 is 4.74 Å². The lowest BCUT2D eigenvalue weighted by Crippen LogP contribution is -1.90. The third-order valence-electron chi connectivity index (χ3n) is 2.41. The fourth-order valence-corrected chi connectivity index (χ4v) is 2.28. The minimum absolute atomic E-state index is 0.253. The van der Waals surface area contributed by atoms with Crippen LogP contribution in [-0.4, -0.2) is 12.0 Å². The predicted octanol–water partition coefficient (Wildman–Crippen LogP) is 3.89. The van der Waals surface area contributed by atoms with E-state index in [1.54, 1.807) is 31.4 Å². The lowest BCUT2D eigenvalue weighted by Gasteiger charge is -2.04. The number of nitrogens with zero attached hydrogens (tertiary/aromatic N) is 1. The highest BCUT2D eigenvalue weighted by Gasteiger charge is 2.11. The number of ether oxygens (including phenoxy) is 1. The molecule has 2 aromatic carbocycles. The van der Waals surface area contributed by atoms with Gasteiger partial charge in [0.25, 0.3) is 5.69 Å². The van der Waals surface area contributed by atoms with Crippen LogP contribution in [0.1, 0.15) is 0 Å². The zero-order valence-electron chi connectivity index (χ0n) is 10.00. The van der Waals surface area contributed by atoms with Crippen molar-refractivity contribution in [2.24, 2.45) is 0 Å². The van der Waals surface area contributed by atoms with Crippen molar-refractivity contribution in [3.63, 3.8) is 0 Å². The Morgan fingerprint density at radius 1 is 1.21 bits per heavy atom. The van der Waals surface area contributed by atoms with Gasteiger partial charge in [-0.3, -0.25) is 10.1 Å². The summed E-state index contributed by atoms with van der Waals surface area (Å²) in [5.41, 5.74) is -0.253. The van der Waals surface area contributed by atoms with Gasteiger partial charge in [0, 0.05) is 15.9 Å². The van der Waals surface area contributed by atoms with Gasteiger partial charge in [0.05, 0.1) is 18.1 Å².